The van der Waals surface area contributed by atoms with E-state index in [0.717, 1.165) is 30.7 Å². The lowest BCUT2D eigenvalue weighted by atomic mass is 9.86. The van der Waals surface area contributed by atoms with Gasteiger partial charge in [0.15, 0.2) is 0 Å². The average molecular weight is 564 g/mol. The van der Waals surface area contributed by atoms with Gasteiger partial charge in [0.2, 0.25) is 0 Å². The van der Waals surface area contributed by atoms with Gasteiger partial charge >= 0.3 is 0 Å². The Labute approximate surface area is 259 Å². The normalized spacial score (nSPS) is 14.8. The van der Waals surface area contributed by atoms with E-state index in [1.54, 1.807) is 0 Å². The Hall–Kier alpha value is -5.27. The maximum absolute atomic E-state index is 5.55. The Kier molecular flexibility index (Phi) is 6.65. The molecule has 0 saturated heterocycles. The van der Waals surface area contributed by atoms with E-state index in [-0.39, 0.29) is 0 Å². The number of aliphatic imine (C=N–C) groups is 1. The SMILES string of the molecule is CC1=C(c2cccc3ccccc23)C=C(c2cc3ccccc3c3c2CCC=C3)N=C(c2ccc(-c3ccccc3)cc2)C1. The third-order valence-electron chi connectivity index (χ3n) is 9.16. The lowest BCUT2D eigenvalue weighted by Crippen LogP contribution is -2.04. The van der Waals surface area contributed by atoms with Gasteiger partial charge in [-0.1, -0.05) is 139 Å². The molecule has 0 amide bonds. The minimum atomic E-state index is 0.791. The Bertz CT molecular complexity index is 2170. The van der Waals surface area contributed by atoms with Crippen LogP contribution in [-0.2, 0) is 6.42 Å². The maximum atomic E-state index is 5.55. The van der Waals surface area contributed by atoms with Crippen molar-refractivity contribution >= 4 is 44.6 Å². The molecule has 1 aliphatic heterocycles. The molecule has 0 aromatic heterocycles. The van der Waals surface area contributed by atoms with Gasteiger partial charge in [-0.25, -0.2) is 0 Å². The van der Waals surface area contributed by atoms with Gasteiger partial charge in [-0.3, -0.25) is 4.99 Å². The number of hydrogen-bond acceptors (Lipinski definition) is 1. The zero-order chi connectivity index (χ0) is 29.5. The largest absolute Gasteiger partial charge is 0.252 e. The topological polar surface area (TPSA) is 12.4 Å². The molecule has 6 aromatic carbocycles. The van der Waals surface area contributed by atoms with E-state index in [4.69, 9.17) is 4.99 Å². The fourth-order valence-electron chi connectivity index (χ4n) is 6.92. The number of fused-ring (bicyclic) bond motifs is 4. The summed E-state index contributed by atoms with van der Waals surface area (Å²) in [6.45, 7) is 2.28. The van der Waals surface area contributed by atoms with Gasteiger partial charge in [-0.2, -0.15) is 0 Å². The van der Waals surface area contributed by atoms with E-state index in [0.29, 0.717) is 0 Å². The van der Waals surface area contributed by atoms with Crippen LogP contribution in [0.25, 0.3) is 50.0 Å². The van der Waals surface area contributed by atoms with E-state index in [2.05, 4.69) is 153 Å². The molecule has 44 heavy (non-hydrogen) atoms. The quantitative estimate of drug-likeness (QED) is 0.202. The molecule has 0 bridgehead atoms. The molecule has 210 valence electrons. The van der Waals surface area contributed by atoms with Crippen molar-refractivity contribution in [2.75, 3.05) is 0 Å². The van der Waals surface area contributed by atoms with Gasteiger partial charge in [-0.15, -0.1) is 0 Å². The van der Waals surface area contributed by atoms with E-state index < -0.39 is 0 Å². The molecule has 0 radical (unpaired) electrons. The van der Waals surface area contributed by atoms with Gasteiger partial charge in [0.1, 0.15) is 0 Å². The Balaban J connectivity index is 1.34. The lowest BCUT2D eigenvalue weighted by Gasteiger charge is -2.19. The average Bonchev–Trinajstić information content (AvgIpc) is 3.27. The zero-order valence-corrected chi connectivity index (χ0v) is 24.9. The monoisotopic (exact) mass is 563 g/mol. The molecule has 6 aromatic rings. The third kappa shape index (κ3) is 4.71. The number of rotatable bonds is 4. The van der Waals surface area contributed by atoms with Crippen molar-refractivity contribution in [3.63, 3.8) is 0 Å². The molecule has 1 aliphatic carbocycles. The van der Waals surface area contributed by atoms with Crippen LogP contribution in [0.5, 0.6) is 0 Å². The van der Waals surface area contributed by atoms with Crippen molar-refractivity contribution < 1.29 is 0 Å². The van der Waals surface area contributed by atoms with Crippen LogP contribution < -0.4 is 0 Å². The van der Waals surface area contributed by atoms with Crippen molar-refractivity contribution in [2.24, 2.45) is 4.99 Å². The Morgan fingerprint density at radius 3 is 2.11 bits per heavy atom. The predicted molar refractivity (Wildman–Crippen MR) is 189 cm³/mol. The first-order chi connectivity index (χ1) is 21.7. The molecule has 1 heterocycles. The van der Waals surface area contributed by atoms with Crippen molar-refractivity contribution in [3.05, 3.63) is 173 Å². The van der Waals surface area contributed by atoms with E-state index >= 15 is 0 Å². The lowest BCUT2D eigenvalue weighted by molar-refractivity contribution is 0.983. The summed E-state index contributed by atoms with van der Waals surface area (Å²) >= 11 is 0. The first-order valence-electron chi connectivity index (χ1n) is 15.6. The van der Waals surface area contributed by atoms with E-state index in [9.17, 15) is 0 Å². The predicted octanol–water partition coefficient (Wildman–Crippen LogP) is 11.3. The van der Waals surface area contributed by atoms with Crippen molar-refractivity contribution in [2.45, 2.75) is 26.2 Å². The Morgan fingerprint density at radius 2 is 1.27 bits per heavy atom. The second-order valence-corrected chi connectivity index (χ2v) is 11.9. The van der Waals surface area contributed by atoms with Crippen molar-refractivity contribution in [3.8, 4) is 11.1 Å². The second kappa shape index (κ2) is 11.1. The van der Waals surface area contributed by atoms with Crippen LogP contribution >= 0.6 is 0 Å². The van der Waals surface area contributed by atoms with E-state index in [1.807, 2.05) is 0 Å². The number of benzene rings is 6. The second-order valence-electron chi connectivity index (χ2n) is 11.9. The number of allylic oxidation sites excluding steroid dienone is 4. The molecule has 0 fully saturated rings. The van der Waals surface area contributed by atoms with Crippen LogP contribution in [0, 0.1) is 0 Å². The van der Waals surface area contributed by atoms with E-state index in [1.165, 1.54) is 71.6 Å². The van der Waals surface area contributed by atoms with Crippen LogP contribution in [0.3, 0.4) is 0 Å². The summed E-state index contributed by atoms with van der Waals surface area (Å²) < 4.78 is 0. The standard InChI is InChI=1S/C43H33N/c1-29-26-42(33-24-22-31(23-25-33)30-12-3-2-4-13-30)44-43(28-40(29)38-21-11-16-32-14-5-7-17-35(32)38)41-27-34-15-6-8-18-36(34)37-19-9-10-20-39(37)41/h2-9,11-19,21-25,27-28H,10,20,26H2,1H3. The van der Waals surface area contributed by atoms with Crippen LogP contribution in [0.1, 0.15) is 47.6 Å². The van der Waals surface area contributed by atoms with Gasteiger partial charge in [-0.05, 0) is 92.4 Å². The van der Waals surface area contributed by atoms with Crippen LogP contribution in [0.4, 0.5) is 0 Å². The summed E-state index contributed by atoms with van der Waals surface area (Å²) in [5.41, 5.74) is 13.6. The van der Waals surface area contributed by atoms with Crippen LogP contribution in [0.15, 0.2) is 150 Å². The van der Waals surface area contributed by atoms with Crippen molar-refractivity contribution in [1.82, 2.24) is 0 Å². The highest BCUT2D eigenvalue weighted by Gasteiger charge is 2.21. The van der Waals surface area contributed by atoms with Crippen LogP contribution in [-0.4, -0.2) is 5.71 Å². The summed E-state index contributed by atoms with van der Waals surface area (Å²) in [5.74, 6) is 0. The molecule has 2 aliphatic rings. The third-order valence-corrected chi connectivity index (χ3v) is 9.16. The van der Waals surface area contributed by atoms with Gasteiger partial charge in [0, 0.05) is 12.0 Å². The minimum absolute atomic E-state index is 0.791. The zero-order valence-electron chi connectivity index (χ0n) is 24.9. The molecular formula is C43H33N. The maximum Gasteiger partial charge on any atom is 0.0715 e. The minimum Gasteiger partial charge on any atom is -0.252 e. The summed E-state index contributed by atoms with van der Waals surface area (Å²) in [4.78, 5) is 5.55. The Morgan fingerprint density at radius 1 is 0.591 bits per heavy atom. The highest BCUT2D eigenvalue weighted by molar-refractivity contribution is 6.10. The van der Waals surface area contributed by atoms with Gasteiger partial charge in [0.05, 0.1) is 11.4 Å². The summed E-state index contributed by atoms with van der Waals surface area (Å²) in [6, 6.07) is 46.1. The van der Waals surface area contributed by atoms with Crippen molar-refractivity contribution in [1.29, 1.82) is 0 Å². The van der Waals surface area contributed by atoms with Gasteiger partial charge < -0.3 is 0 Å². The molecule has 0 spiro atoms. The first-order valence-corrected chi connectivity index (χ1v) is 15.6. The fraction of sp³-hybridized carbons (Fsp3) is 0.0930. The fourth-order valence-corrected chi connectivity index (χ4v) is 6.92. The summed E-state index contributed by atoms with van der Waals surface area (Å²) in [5, 5.41) is 5.11. The summed E-state index contributed by atoms with van der Waals surface area (Å²) in [6.07, 6.45) is 9.86. The highest BCUT2D eigenvalue weighted by Crippen LogP contribution is 2.40. The molecule has 0 saturated carbocycles. The first kappa shape index (κ1) is 26.4. The number of nitrogens with zero attached hydrogens (tertiary/aromatic N) is 1. The molecule has 0 atom stereocenters. The molecule has 0 unspecified atom stereocenters. The molecular weight excluding hydrogens is 530 g/mol. The molecule has 8 rings (SSSR count). The molecule has 1 heteroatoms. The van der Waals surface area contributed by atoms with Gasteiger partial charge in [0.25, 0.3) is 0 Å². The highest BCUT2D eigenvalue weighted by atomic mass is 14.8. The van der Waals surface area contributed by atoms with Crippen LogP contribution in [0.2, 0.25) is 0 Å². The smallest absolute Gasteiger partial charge is 0.0715 e. The molecule has 0 N–H and O–H groups in total. The summed E-state index contributed by atoms with van der Waals surface area (Å²) in [7, 11) is 0. The number of hydrogen-bond donors (Lipinski definition) is 0. The molecule has 1 nitrogen and oxygen atoms in total.